The summed E-state index contributed by atoms with van der Waals surface area (Å²) < 4.78 is 0. The molecule has 15 heavy (non-hydrogen) atoms. The quantitative estimate of drug-likeness (QED) is 0.624. The maximum absolute atomic E-state index is 11.1. The van der Waals surface area contributed by atoms with E-state index in [0.717, 1.165) is 5.56 Å². The molecule has 1 aromatic rings. The normalized spacial score (nSPS) is 10.1. The predicted octanol–water partition coefficient (Wildman–Crippen LogP) is 2.84. The van der Waals surface area contributed by atoms with Gasteiger partial charge >= 0.3 is 0 Å². The average Bonchev–Trinajstić information content (AvgIpc) is 2.21. The van der Waals surface area contributed by atoms with Crippen molar-refractivity contribution in [1.82, 2.24) is 0 Å². The number of phenolic OH excluding ortho intramolecular Hbond substituents is 1. The molecule has 0 aliphatic carbocycles. The zero-order valence-electron chi connectivity index (χ0n) is 8.40. The summed E-state index contributed by atoms with van der Waals surface area (Å²) in [7, 11) is 0. The Bertz CT molecular complexity index is 405. The van der Waals surface area contributed by atoms with Crippen molar-refractivity contribution < 1.29 is 9.90 Å². The fourth-order valence-corrected chi connectivity index (χ4v) is 1.48. The number of carbonyl (C=O) groups is 1. The van der Waals surface area contributed by atoms with Crippen LogP contribution in [0.5, 0.6) is 5.75 Å². The van der Waals surface area contributed by atoms with E-state index in [4.69, 9.17) is 23.2 Å². The lowest BCUT2D eigenvalue weighted by Gasteiger charge is -2.12. The molecule has 5 heteroatoms. The van der Waals surface area contributed by atoms with Crippen molar-refractivity contribution in [3.8, 4) is 5.75 Å². The molecule has 1 aromatic carbocycles. The highest BCUT2D eigenvalue weighted by Crippen LogP contribution is 2.34. The Morgan fingerprint density at radius 3 is 2.67 bits per heavy atom. The third-order valence-corrected chi connectivity index (χ3v) is 2.87. The maximum Gasteiger partial charge on any atom is 0.239 e. The summed E-state index contributed by atoms with van der Waals surface area (Å²) in [5.74, 6) is -0.549. The first-order valence-electron chi connectivity index (χ1n) is 4.31. The molecule has 0 bridgehead atoms. The molecule has 0 unspecified atom stereocenters. The summed E-state index contributed by atoms with van der Waals surface area (Å²) in [5.41, 5.74) is 1.71. The number of benzene rings is 1. The molecule has 0 spiro atoms. The topological polar surface area (TPSA) is 49.3 Å². The standard InChI is InChI=1S/C10H11Cl2NO2/c1-5-3-7(14)10(6(2)9(5)12)13-8(15)4-11/h3,14H,4H2,1-2H3,(H,13,15). The Balaban J connectivity index is 3.18. The fourth-order valence-electron chi connectivity index (χ4n) is 1.27. The Morgan fingerprint density at radius 2 is 2.13 bits per heavy atom. The van der Waals surface area contributed by atoms with Crippen LogP contribution >= 0.6 is 23.2 Å². The fraction of sp³-hybridized carbons (Fsp3) is 0.300. The Morgan fingerprint density at radius 1 is 1.53 bits per heavy atom. The summed E-state index contributed by atoms with van der Waals surface area (Å²) in [5, 5.41) is 12.6. The minimum absolute atomic E-state index is 0.00660. The third-order valence-electron chi connectivity index (χ3n) is 2.05. The van der Waals surface area contributed by atoms with Crippen molar-refractivity contribution >= 4 is 34.8 Å². The van der Waals surface area contributed by atoms with Crippen LogP contribution in [0.2, 0.25) is 5.02 Å². The van der Waals surface area contributed by atoms with Crippen LogP contribution in [-0.2, 0) is 4.79 Å². The van der Waals surface area contributed by atoms with E-state index in [2.05, 4.69) is 5.32 Å². The summed E-state index contributed by atoms with van der Waals surface area (Å²) in [6, 6.07) is 1.50. The van der Waals surface area contributed by atoms with Gasteiger partial charge in [0.2, 0.25) is 5.91 Å². The monoisotopic (exact) mass is 247 g/mol. The van der Waals surface area contributed by atoms with Gasteiger partial charge in [0.1, 0.15) is 11.6 Å². The number of amides is 1. The van der Waals surface area contributed by atoms with E-state index >= 15 is 0 Å². The predicted molar refractivity (Wildman–Crippen MR) is 61.9 cm³/mol. The second kappa shape index (κ2) is 4.73. The third kappa shape index (κ3) is 2.55. The molecule has 1 rings (SSSR count). The Labute approximate surface area is 98.0 Å². The highest BCUT2D eigenvalue weighted by Gasteiger charge is 2.13. The van der Waals surface area contributed by atoms with Gasteiger partial charge in [0, 0.05) is 5.02 Å². The van der Waals surface area contributed by atoms with Gasteiger partial charge in [0.05, 0.1) is 5.69 Å². The molecule has 0 aromatic heterocycles. The van der Waals surface area contributed by atoms with Crippen LogP contribution in [0.1, 0.15) is 11.1 Å². The lowest BCUT2D eigenvalue weighted by molar-refractivity contribution is -0.113. The smallest absolute Gasteiger partial charge is 0.239 e. The van der Waals surface area contributed by atoms with Gasteiger partial charge in [-0.05, 0) is 31.0 Å². The van der Waals surface area contributed by atoms with E-state index in [-0.39, 0.29) is 17.5 Å². The lowest BCUT2D eigenvalue weighted by Crippen LogP contribution is -2.13. The van der Waals surface area contributed by atoms with Crippen LogP contribution in [0.15, 0.2) is 6.07 Å². The number of hydrogen-bond donors (Lipinski definition) is 2. The summed E-state index contributed by atoms with van der Waals surface area (Å²) in [4.78, 5) is 11.1. The number of aromatic hydroxyl groups is 1. The zero-order chi connectivity index (χ0) is 11.6. The first-order valence-corrected chi connectivity index (χ1v) is 5.23. The first-order chi connectivity index (χ1) is 6.97. The van der Waals surface area contributed by atoms with Crippen LogP contribution in [-0.4, -0.2) is 16.9 Å². The van der Waals surface area contributed by atoms with Gasteiger partial charge in [-0.2, -0.15) is 0 Å². The summed E-state index contributed by atoms with van der Waals surface area (Å²) in [6.07, 6.45) is 0. The average molecular weight is 248 g/mol. The number of alkyl halides is 1. The Kier molecular flexibility index (Phi) is 3.83. The van der Waals surface area contributed by atoms with Crippen LogP contribution in [0.25, 0.3) is 0 Å². The largest absolute Gasteiger partial charge is 0.506 e. The molecule has 0 radical (unpaired) electrons. The molecule has 3 nitrogen and oxygen atoms in total. The van der Waals surface area contributed by atoms with E-state index in [9.17, 15) is 9.90 Å². The van der Waals surface area contributed by atoms with Gasteiger partial charge < -0.3 is 10.4 Å². The molecule has 0 fully saturated rings. The number of anilines is 1. The highest BCUT2D eigenvalue weighted by atomic mass is 35.5. The van der Waals surface area contributed by atoms with Crippen molar-refractivity contribution in [2.24, 2.45) is 0 Å². The van der Waals surface area contributed by atoms with Gasteiger partial charge in [-0.3, -0.25) is 4.79 Å². The molecule has 0 atom stereocenters. The van der Waals surface area contributed by atoms with Crippen LogP contribution in [0.3, 0.4) is 0 Å². The van der Waals surface area contributed by atoms with Crippen molar-refractivity contribution in [3.63, 3.8) is 0 Å². The second-order valence-electron chi connectivity index (χ2n) is 3.21. The van der Waals surface area contributed by atoms with Crippen molar-refractivity contribution in [2.45, 2.75) is 13.8 Å². The second-order valence-corrected chi connectivity index (χ2v) is 3.85. The van der Waals surface area contributed by atoms with E-state index in [1.54, 1.807) is 13.8 Å². The van der Waals surface area contributed by atoms with Crippen molar-refractivity contribution in [3.05, 3.63) is 22.2 Å². The molecule has 0 saturated carbocycles. The lowest BCUT2D eigenvalue weighted by atomic mass is 10.1. The molecule has 82 valence electrons. The summed E-state index contributed by atoms with van der Waals surface area (Å²) >= 11 is 11.3. The number of rotatable bonds is 2. The molecule has 0 aliphatic heterocycles. The van der Waals surface area contributed by atoms with Gasteiger partial charge in [-0.15, -0.1) is 11.6 Å². The molecule has 0 saturated heterocycles. The van der Waals surface area contributed by atoms with Crippen molar-refractivity contribution in [1.29, 1.82) is 0 Å². The van der Waals surface area contributed by atoms with E-state index in [1.807, 2.05) is 0 Å². The number of nitrogens with one attached hydrogen (secondary N) is 1. The molecular formula is C10H11Cl2NO2. The van der Waals surface area contributed by atoms with Crippen LogP contribution in [0.4, 0.5) is 5.69 Å². The van der Waals surface area contributed by atoms with Gasteiger partial charge in [0.25, 0.3) is 0 Å². The number of aryl methyl sites for hydroxylation is 1. The SMILES string of the molecule is Cc1cc(O)c(NC(=O)CCl)c(C)c1Cl. The zero-order valence-corrected chi connectivity index (χ0v) is 9.91. The van der Waals surface area contributed by atoms with Gasteiger partial charge in [-0.25, -0.2) is 0 Å². The van der Waals surface area contributed by atoms with Crippen molar-refractivity contribution in [2.75, 3.05) is 11.2 Å². The van der Waals surface area contributed by atoms with E-state index < -0.39 is 0 Å². The number of halogens is 2. The number of carbonyl (C=O) groups excluding carboxylic acids is 1. The minimum atomic E-state index is -0.380. The molecular weight excluding hydrogens is 237 g/mol. The Hall–Kier alpha value is -0.930. The van der Waals surface area contributed by atoms with E-state index in [0.29, 0.717) is 16.3 Å². The number of hydrogen-bond acceptors (Lipinski definition) is 2. The van der Waals surface area contributed by atoms with Gasteiger partial charge in [-0.1, -0.05) is 11.6 Å². The molecule has 0 heterocycles. The van der Waals surface area contributed by atoms with Gasteiger partial charge in [0.15, 0.2) is 0 Å². The maximum atomic E-state index is 11.1. The minimum Gasteiger partial charge on any atom is -0.506 e. The molecule has 1 amide bonds. The van der Waals surface area contributed by atoms with Crippen LogP contribution in [0, 0.1) is 13.8 Å². The van der Waals surface area contributed by atoms with E-state index in [1.165, 1.54) is 6.07 Å². The number of phenols is 1. The molecule has 2 N–H and O–H groups in total. The van der Waals surface area contributed by atoms with Crippen LogP contribution < -0.4 is 5.32 Å². The highest BCUT2D eigenvalue weighted by molar-refractivity contribution is 6.33. The summed E-state index contributed by atoms with van der Waals surface area (Å²) in [6.45, 7) is 3.50. The molecule has 0 aliphatic rings. The first kappa shape index (κ1) is 12.1.